The third-order valence-corrected chi connectivity index (χ3v) is 4.79. The van der Waals surface area contributed by atoms with Crippen molar-refractivity contribution in [3.05, 3.63) is 33.7 Å². The number of hydrogen-bond acceptors (Lipinski definition) is 3. The maximum atomic E-state index is 12.1. The SMILES string of the molecule is C=CCn1ncc(NC(C)C2CCCCC2)c(Br)c1=O. The van der Waals surface area contributed by atoms with Gasteiger partial charge in [0.05, 0.1) is 18.4 Å². The molecule has 4 nitrogen and oxygen atoms in total. The normalized spacial score (nSPS) is 17.7. The molecule has 1 aromatic heterocycles. The molecule has 110 valence electrons. The van der Waals surface area contributed by atoms with Crippen LogP contribution in [-0.4, -0.2) is 15.8 Å². The second-order valence-electron chi connectivity index (χ2n) is 5.48. The topological polar surface area (TPSA) is 46.9 Å². The molecule has 0 aliphatic heterocycles. The average molecular weight is 340 g/mol. The summed E-state index contributed by atoms with van der Waals surface area (Å²) in [6, 6.07) is 0.364. The quantitative estimate of drug-likeness (QED) is 0.834. The number of hydrogen-bond donors (Lipinski definition) is 1. The van der Waals surface area contributed by atoms with Gasteiger partial charge in [0.1, 0.15) is 4.47 Å². The standard InChI is InChI=1S/C15H22BrN3O/c1-3-9-19-15(20)14(16)13(10-17-19)18-11(2)12-7-5-4-6-8-12/h3,10-12,18H,1,4-9H2,2H3. The Balaban J connectivity index is 2.11. The summed E-state index contributed by atoms with van der Waals surface area (Å²) in [5.74, 6) is 0.686. The molecule has 1 heterocycles. The summed E-state index contributed by atoms with van der Waals surface area (Å²) in [5, 5.41) is 7.61. The fourth-order valence-corrected chi connectivity index (χ4v) is 3.24. The van der Waals surface area contributed by atoms with Crippen LogP contribution in [0.15, 0.2) is 28.1 Å². The first-order chi connectivity index (χ1) is 9.63. The van der Waals surface area contributed by atoms with E-state index in [1.54, 1.807) is 12.3 Å². The van der Waals surface area contributed by atoms with Crippen LogP contribution in [0.2, 0.25) is 0 Å². The lowest BCUT2D eigenvalue weighted by atomic mass is 9.84. The Morgan fingerprint density at radius 2 is 2.25 bits per heavy atom. The van der Waals surface area contributed by atoms with Gasteiger partial charge >= 0.3 is 0 Å². The lowest BCUT2D eigenvalue weighted by Crippen LogP contribution is -2.30. The van der Waals surface area contributed by atoms with E-state index >= 15 is 0 Å². The van der Waals surface area contributed by atoms with Gasteiger partial charge in [0.2, 0.25) is 0 Å². The van der Waals surface area contributed by atoms with Crippen LogP contribution in [0.3, 0.4) is 0 Å². The Morgan fingerprint density at radius 1 is 1.55 bits per heavy atom. The maximum absolute atomic E-state index is 12.1. The van der Waals surface area contributed by atoms with E-state index in [9.17, 15) is 4.79 Å². The van der Waals surface area contributed by atoms with E-state index in [4.69, 9.17) is 0 Å². The van der Waals surface area contributed by atoms with Crippen molar-refractivity contribution in [1.29, 1.82) is 0 Å². The van der Waals surface area contributed by atoms with Crippen LogP contribution in [0.25, 0.3) is 0 Å². The number of allylic oxidation sites excluding steroid dienone is 1. The summed E-state index contributed by atoms with van der Waals surface area (Å²) < 4.78 is 1.95. The van der Waals surface area contributed by atoms with Gasteiger partial charge in [-0.25, -0.2) is 4.68 Å². The van der Waals surface area contributed by atoms with Crippen molar-refractivity contribution >= 4 is 21.6 Å². The van der Waals surface area contributed by atoms with Crippen LogP contribution < -0.4 is 10.9 Å². The van der Waals surface area contributed by atoms with Crippen molar-refractivity contribution in [2.24, 2.45) is 5.92 Å². The second-order valence-corrected chi connectivity index (χ2v) is 6.27. The Hall–Kier alpha value is -1.10. The molecule has 0 bridgehead atoms. The van der Waals surface area contributed by atoms with Gasteiger partial charge in [0, 0.05) is 6.04 Å². The van der Waals surface area contributed by atoms with Crippen LogP contribution in [0, 0.1) is 5.92 Å². The van der Waals surface area contributed by atoms with Gasteiger partial charge in [-0.05, 0) is 41.6 Å². The van der Waals surface area contributed by atoms with Crippen LogP contribution >= 0.6 is 15.9 Å². The summed E-state index contributed by atoms with van der Waals surface area (Å²) in [4.78, 5) is 12.1. The molecule has 1 aliphatic rings. The molecule has 5 heteroatoms. The van der Waals surface area contributed by atoms with Crippen LogP contribution in [0.4, 0.5) is 5.69 Å². The minimum absolute atomic E-state index is 0.120. The summed E-state index contributed by atoms with van der Waals surface area (Å²) in [7, 11) is 0. The third-order valence-electron chi connectivity index (χ3n) is 4.03. The van der Waals surface area contributed by atoms with E-state index in [-0.39, 0.29) is 5.56 Å². The van der Waals surface area contributed by atoms with Gasteiger partial charge in [-0.1, -0.05) is 25.3 Å². The summed E-state index contributed by atoms with van der Waals surface area (Å²) in [6.45, 7) is 6.25. The summed E-state index contributed by atoms with van der Waals surface area (Å²) >= 11 is 3.38. The highest BCUT2D eigenvalue weighted by atomic mass is 79.9. The summed E-state index contributed by atoms with van der Waals surface area (Å²) in [5.41, 5.74) is 0.666. The Kier molecular flexibility index (Phi) is 5.40. The lowest BCUT2D eigenvalue weighted by molar-refractivity contribution is 0.328. The lowest BCUT2D eigenvalue weighted by Gasteiger charge is -2.29. The van der Waals surface area contributed by atoms with Crippen molar-refractivity contribution in [3.8, 4) is 0 Å². The predicted octanol–water partition coefficient (Wildman–Crippen LogP) is 3.57. The average Bonchev–Trinajstić information content (AvgIpc) is 2.48. The molecule has 0 spiro atoms. The second kappa shape index (κ2) is 7.07. The fourth-order valence-electron chi connectivity index (χ4n) is 2.82. The van der Waals surface area contributed by atoms with Gasteiger partial charge < -0.3 is 5.32 Å². The zero-order chi connectivity index (χ0) is 14.5. The molecule has 1 aliphatic carbocycles. The molecule has 1 fully saturated rings. The van der Waals surface area contributed by atoms with Crippen LogP contribution in [0.5, 0.6) is 0 Å². The molecule has 1 saturated carbocycles. The molecule has 1 unspecified atom stereocenters. The number of halogens is 1. The number of anilines is 1. The fraction of sp³-hybridized carbons (Fsp3) is 0.600. The van der Waals surface area contributed by atoms with Gasteiger partial charge in [-0.2, -0.15) is 5.10 Å². The number of aromatic nitrogens is 2. The first kappa shape index (κ1) is 15.3. The van der Waals surface area contributed by atoms with E-state index < -0.39 is 0 Å². The van der Waals surface area contributed by atoms with Crippen molar-refractivity contribution in [2.75, 3.05) is 5.32 Å². The van der Waals surface area contributed by atoms with E-state index in [2.05, 4.69) is 39.8 Å². The largest absolute Gasteiger partial charge is 0.380 e. The minimum Gasteiger partial charge on any atom is -0.380 e. The van der Waals surface area contributed by atoms with E-state index in [1.807, 2.05) is 0 Å². The molecule has 0 aromatic carbocycles. The highest BCUT2D eigenvalue weighted by Gasteiger charge is 2.21. The summed E-state index contributed by atoms with van der Waals surface area (Å²) in [6.07, 6.45) is 9.91. The predicted molar refractivity (Wildman–Crippen MR) is 86.1 cm³/mol. The zero-order valence-electron chi connectivity index (χ0n) is 11.9. The van der Waals surface area contributed by atoms with Gasteiger partial charge in [0.25, 0.3) is 5.56 Å². The van der Waals surface area contributed by atoms with Crippen LogP contribution in [-0.2, 0) is 6.54 Å². The van der Waals surface area contributed by atoms with E-state index in [0.717, 1.165) is 5.69 Å². The van der Waals surface area contributed by atoms with Gasteiger partial charge in [0.15, 0.2) is 0 Å². The highest BCUT2D eigenvalue weighted by Crippen LogP contribution is 2.29. The Labute approximate surface area is 128 Å². The maximum Gasteiger partial charge on any atom is 0.283 e. The van der Waals surface area contributed by atoms with E-state index in [0.29, 0.717) is 23.0 Å². The van der Waals surface area contributed by atoms with Gasteiger partial charge in [-0.15, -0.1) is 6.58 Å². The number of rotatable bonds is 5. The van der Waals surface area contributed by atoms with Gasteiger partial charge in [-0.3, -0.25) is 4.79 Å². The first-order valence-electron chi connectivity index (χ1n) is 7.26. The minimum atomic E-state index is -0.120. The molecular formula is C15H22BrN3O. The monoisotopic (exact) mass is 339 g/mol. The molecule has 0 saturated heterocycles. The van der Waals surface area contributed by atoms with E-state index in [1.165, 1.54) is 36.8 Å². The van der Waals surface area contributed by atoms with Crippen molar-refractivity contribution in [1.82, 2.24) is 9.78 Å². The molecule has 0 radical (unpaired) electrons. The zero-order valence-corrected chi connectivity index (χ0v) is 13.5. The molecule has 1 aromatic rings. The van der Waals surface area contributed by atoms with Crippen molar-refractivity contribution < 1.29 is 0 Å². The Bertz CT molecular complexity index is 520. The molecule has 1 atom stereocenters. The molecule has 1 N–H and O–H groups in total. The molecule has 0 amide bonds. The number of nitrogens with zero attached hydrogens (tertiary/aromatic N) is 2. The molecule has 2 rings (SSSR count). The first-order valence-corrected chi connectivity index (χ1v) is 8.06. The molecule has 20 heavy (non-hydrogen) atoms. The van der Waals surface area contributed by atoms with Crippen LogP contribution in [0.1, 0.15) is 39.0 Å². The van der Waals surface area contributed by atoms with Crippen molar-refractivity contribution in [2.45, 2.75) is 51.6 Å². The third kappa shape index (κ3) is 3.51. The molecular weight excluding hydrogens is 318 g/mol. The Morgan fingerprint density at radius 3 is 2.90 bits per heavy atom. The smallest absolute Gasteiger partial charge is 0.283 e. The number of nitrogens with one attached hydrogen (secondary N) is 1. The van der Waals surface area contributed by atoms with Crippen molar-refractivity contribution in [3.63, 3.8) is 0 Å². The highest BCUT2D eigenvalue weighted by molar-refractivity contribution is 9.10.